The van der Waals surface area contributed by atoms with Crippen LogP contribution in [0.2, 0.25) is 0 Å². The fraction of sp³-hybridized carbons (Fsp3) is 0.421. The fourth-order valence-electron chi connectivity index (χ4n) is 3.24. The van der Waals surface area contributed by atoms with Crippen molar-refractivity contribution >= 4 is 11.6 Å². The summed E-state index contributed by atoms with van der Waals surface area (Å²) in [4.78, 5) is 11.9. The maximum absolute atomic E-state index is 11.9. The zero-order valence-electron chi connectivity index (χ0n) is 13.3. The van der Waals surface area contributed by atoms with E-state index in [-0.39, 0.29) is 17.9 Å². The third-order valence-corrected chi connectivity index (χ3v) is 4.52. The molecule has 4 heteroatoms. The first kappa shape index (κ1) is 15.7. The maximum Gasteiger partial charge on any atom is 0.228 e. The summed E-state index contributed by atoms with van der Waals surface area (Å²) in [6.07, 6.45) is 11.4. The number of carbonyl (C=O) groups is 1. The first-order chi connectivity index (χ1) is 11.2. The van der Waals surface area contributed by atoms with Crippen LogP contribution in [0.15, 0.2) is 48.1 Å². The standard InChI is InChI=1S/C19H24N2O2/c20-14-9-11-15(12-10-14)23-13-5-1-2-8-18-16-6-3-4-7-17(16)19(22)21-18/h3-4,6,9-12,17-18H,1-2,5,7-8,13,20H2,(H,21,22). The monoisotopic (exact) mass is 312 g/mol. The van der Waals surface area contributed by atoms with Crippen molar-refractivity contribution in [2.75, 3.05) is 12.3 Å². The number of anilines is 1. The van der Waals surface area contributed by atoms with E-state index in [2.05, 4.69) is 23.5 Å². The smallest absolute Gasteiger partial charge is 0.228 e. The summed E-state index contributed by atoms with van der Waals surface area (Å²) in [5.74, 6) is 1.14. The average molecular weight is 312 g/mol. The predicted molar refractivity (Wildman–Crippen MR) is 92.1 cm³/mol. The van der Waals surface area contributed by atoms with Crippen molar-refractivity contribution < 1.29 is 9.53 Å². The molecular weight excluding hydrogens is 288 g/mol. The van der Waals surface area contributed by atoms with Crippen LogP contribution < -0.4 is 15.8 Å². The lowest BCUT2D eigenvalue weighted by atomic mass is 9.89. The summed E-state index contributed by atoms with van der Waals surface area (Å²) in [5.41, 5.74) is 7.67. The molecule has 0 aromatic heterocycles. The van der Waals surface area contributed by atoms with E-state index in [0.717, 1.165) is 50.1 Å². The number of nitrogen functional groups attached to an aromatic ring is 1. The molecule has 0 spiro atoms. The van der Waals surface area contributed by atoms with E-state index in [1.807, 2.05) is 24.3 Å². The van der Waals surface area contributed by atoms with Crippen LogP contribution in [0.4, 0.5) is 5.69 Å². The Bertz CT molecular complexity index is 604. The lowest BCUT2D eigenvalue weighted by Crippen LogP contribution is -2.26. The number of fused-ring (bicyclic) bond motifs is 1. The van der Waals surface area contributed by atoms with Gasteiger partial charge in [0.15, 0.2) is 0 Å². The number of hydrogen-bond donors (Lipinski definition) is 2. The van der Waals surface area contributed by atoms with Gasteiger partial charge in [-0.3, -0.25) is 4.79 Å². The van der Waals surface area contributed by atoms with Gasteiger partial charge in [-0.15, -0.1) is 0 Å². The number of hydrogen-bond acceptors (Lipinski definition) is 3. The van der Waals surface area contributed by atoms with Crippen LogP contribution in [-0.4, -0.2) is 18.6 Å². The molecule has 1 heterocycles. The minimum atomic E-state index is 0.0823. The third-order valence-electron chi connectivity index (χ3n) is 4.52. The minimum absolute atomic E-state index is 0.0823. The summed E-state index contributed by atoms with van der Waals surface area (Å²) in [6, 6.07) is 7.72. The second-order valence-corrected chi connectivity index (χ2v) is 6.21. The molecule has 2 aliphatic rings. The lowest BCUT2D eigenvalue weighted by Gasteiger charge is -2.15. The predicted octanol–water partition coefficient (Wildman–Crippen LogP) is 3.21. The van der Waals surface area contributed by atoms with Crippen molar-refractivity contribution in [3.63, 3.8) is 0 Å². The lowest BCUT2D eigenvalue weighted by molar-refractivity contribution is -0.122. The number of amides is 1. The van der Waals surface area contributed by atoms with Gasteiger partial charge in [0.05, 0.1) is 18.6 Å². The van der Waals surface area contributed by atoms with Crippen molar-refractivity contribution in [3.05, 3.63) is 48.1 Å². The van der Waals surface area contributed by atoms with Crippen molar-refractivity contribution in [3.8, 4) is 5.75 Å². The van der Waals surface area contributed by atoms with Crippen LogP contribution >= 0.6 is 0 Å². The van der Waals surface area contributed by atoms with Gasteiger partial charge < -0.3 is 15.8 Å². The molecular formula is C19H24N2O2. The van der Waals surface area contributed by atoms with E-state index in [1.54, 1.807) is 0 Å². The summed E-state index contributed by atoms with van der Waals surface area (Å²) in [6.45, 7) is 0.717. The molecule has 0 radical (unpaired) electrons. The van der Waals surface area contributed by atoms with Gasteiger partial charge >= 0.3 is 0 Å². The number of carbonyl (C=O) groups excluding carboxylic acids is 1. The molecule has 3 N–H and O–H groups in total. The molecule has 2 atom stereocenters. The Morgan fingerprint density at radius 2 is 2.00 bits per heavy atom. The molecule has 1 amide bonds. The Hall–Kier alpha value is -2.23. The first-order valence-corrected chi connectivity index (χ1v) is 8.39. The topological polar surface area (TPSA) is 64.3 Å². The Morgan fingerprint density at radius 3 is 2.83 bits per heavy atom. The molecule has 122 valence electrons. The van der Waals surface area contributed by atoms with Gasteiger partial charge in [-0.1, -0.05) is 24.6 Å². The van der Waals surface area contributed by atoms with Gasteiger partial charge in [0, 0.05) is 5.69 Å². The van der Waals surface area contributed by atoms with Crippen LogP contribution in [0.25, 0.3) is 0 Å². The van der Waals surface area contributed by atoms with Crippen molar-refractivity contribution in [2.45, 2.75) is 38.1 Å². The Labute approximate surface area is 137 Å². The summed E-state index contributed by atoms with van der Waals surface area (Å²) in [5, 5.41) is 3.13. The Morgan fingerprint density at radius 1 is 1.17 bits per heavy atom. The highest BCUT2D eigenvalue weighted by molar-refractivity contribution is 5.86. The van der Waals surface area contributed by atoms with Crippen molar-refractivity contribution in [2.24, 2.45) is 5.92 Å². The highest BCUT2D eigenvalue weighted by Crippen LogP contribution is 2.31. The minimum Gasteiger partial charge on any atom is -0.494 e. The number of nitrogens with one attached hydrogen (secondary N) is 1. The molecule has 4 nitrogen and oxygen atoms in total. The molecule has 3 rings (SSSR count). The molecule has 1 aromatic carbocycles. The van der Waals surface area contributed by atoms with Gasteiger partial charge in [0.1, 0.15) is 5.75 Å². The van der Waals surface area contributed by atoms with Crippen molar-refractivity contribution in [1.82, 2.24) is 5.32 Å². The van der Waals surface area contributed by atoms with Crippen molar-refractivity contribution in [1.29, 1.82) is 0 Å². The van der Waals surface area contributed by atoms with Crippen LogP contribution in [0.5, 0.6) is 5.75 Å². The van der Waals surface area contributed by atoms with E-state index >= 15 is 0 Å². The highest BCUT2D eigenvalue weighted by Gasteiger charge is 2.36. The van der Waals surface area contributed by atoms with E-state index < -0.39 is 0 Å². The maximum atomic E-state index is 11.9. The summed E-state index contributed by atoms with van der Waals surface area (Å²) >= 11 is 0. The molecule has 1 aliphatic carbocycles. The first-order valence-electron chi connectivity index (χ1n) is 8.39. The zero-order valence-corrected chi connectivity index (χ0v) is 13.3. The van der Waals surface area contributed by atoms with E-state index in [0.29, 0.717) is 0 Å². The second-order valence-electron chi connectivity index (χ2n) is 6.21. The van der Waals surface area contributed by atoms with E-state index in [9.17, 15) is 4.79 Å². The molecule has 1 saturated heterocycles. The third kappa shape index (κ3) is 3.95. The Kier molecular flexibility index (Phi) is 5.01. The van der Waals surface area contributed by atoms with E-state index in [4.69, 9.17) is 10.5 Å². The molecule has 1 aromatic rings. The quantitative estimate of drug-likeness (QED) is 0.600. The molecule has 1 fully saturated rings. The van der Waals surface area contributed by atoms with Gasteiger partial charge in [-0.2, -0.15) is 0 Å². The molecule has 23 heavy (non-hydrogen) atoms. The number of ether oxygens (including phenoxy) is 1. The van der Waals surface area contributed by atoms with Gasteiger partial charge in [-0.05, 0) is 55.5 Å². The van der Waals surface area contributed by atoms with Crippen LogP contribution in [0, 0.1) is 5.92 Å². The van der Waals surface area contributed by atoms with Gasteiger partial charge in [0.25, 0.3) is 0 Å². The second kappa shape index (κ2) is 7.36. The highest BCUT2D eigenvalue weighted by atomic mass is 16.5. The fourth-order valence-corrected chi connectivity index (χ4v) is 3.24. The van der Waals surface area contributed by atoms with Crippen LogP contribution in [0.3, 0.4) is 0 Å². The summed E-state index contributed by atoms with van der Waals surface area (Å²) in [7, 11) is 0. The number of benzene rings is 1. The zero-order chi connectivity index (χ0) is 16.1. The number of nitrogens with two attached hydrogens (primary N) is 1. The summed E-state index contributed by atoms with van der Waals surface area (Å²) < 4.78 is 5.69. The SMILES string of the molecule is Nc1ccc(OCCCCCC2NC(=O)C3CC=CC=C23)cc1. The number of allylic oxidation sites excluding steroid dienone is 3. The average Bonchev–Trinajstić information content (AvgIpc) is 2.89. The number of rotatable bonds is 7. The van der Waals surface area contributed by atoms with Crippen LogP contribution in [-0.2, 0) is 4.79 Å². The van der Waals surface area contributed by atoms with E-state index in [1.165, 1.54) is 5.57 Å². The van der Waals surface area contributed by atoms with Gasteiger partial charge in [-0.25, -0.2) is 0 Å². The molecule has 2 unspecified atom stereocenters. The number of unbranched alkanes of at least 4 members (excludes halogenated alkanes) is 2. The molecule has 1 aliphatic heterocycles. The largest absolute Gasteiger partial charge is 0.494 e. The Balaban J connectivity index is 1.34. The normalized spacial score (nSPS) is 22.4. The van der Waals surface area contributed by atoms with Crippen LogP contribution in [0.1, 0.15) is 32.1 Å². The molecule has 0 bridgehead atoms. The molecule has 0 saturated carbocycles. The van der Waals surface area contributed by atoms with Gasteiger partial charge in [0.2, 0.25) is 5.91 Å².